The molecule has 9 heteroatoms. The molecule has 0 radical (unpaired) electrons. The average Bonchev–Trinajstić information content (AvgIpc) is 3.73. The normalized spacial score (nSPS) is 26.4. The number of ether oxygens (including phenoxy) is 3. The van der Waals surface area contributed by atoms with Crippen LogP contribution in [0.3, 0.4) is 0 Å². The zero-order valence-corrected chi connectivity index (χ0v) is 32.5. The first-order valence-electron chi connectivity index (χ1n) is 20.2. The van der Waals surface area contributed by atoms with Crippen LogP contribution >= 0.6 is 11.8 Å². The summed E-state index contributed by atoms with van der Waals surface area (Å²) in [5.41, 5.74) is 4.74. The Morgan fingerprint density at radius 2 is 1.71 bits per heavy atom. The number of nitrogens with zero attached hydrogens (tertiary/aromatic N) is 1. The van der Waals surface area contributed by atoms with Gasteiger partial charge in [-0.25, -0.2) is 0 Å². The van der Waals surface area contributed by atoms with Crippen molar-refractivity contribution in [2.45, 2.75) is 99.4 Å². The number of aliphatic hydroxyl groups excluding tert-OH is 2. The summed E-state index contributed by atoms with van der Waals surface area (Å²) in [6, 6.07) is 23.4. The predicted octanol–water partition coefficient (Wildman–Crippen LogP) is 9.80. The van der Waals surface area contributed by atoms with Gasteiger partial charge in [0, 0.05) is 41.9 Å². The van der Waals surface area contributed by atoms with E-state index in [0.29, 0.717) is 41.9 Å². The highest BCUT2D eigenvalue weighted by atomic mass is 32.2. The number of thioether (sulfide) groups is 1. The summed E-state index contributed by atoms with van der Waals surface area (Å²) >= 11 is 2.00. The molecule has 2 saturated carbocycles. The number of aldehydes is 1. The molecule has 0 bridgehead atoms. The largest absolute Gasteiger partial charge is 0.460 e. The molecule has 0 amide bonds. The van der Waals surface area contributed by atoms with Crippen molar-refractivity contribution in [3.8, 4) is 17.2 Å². The first-order valence-corrected chi connectivity index (χ1v) is 21.1. The second-order valence-electron chi connectivity index (χ2n) is 15.3. The number of hydrogen-bond donors (Lipinski definition) is 2. The molecule has 7 rings (SSSR count). The Bertz CT molecular complexity index is 1810. The van der Waals surface area contributed by atoms with Crippen molar-refractivity contribution in [1.82, 2.24) is 0 Å². The molecular formula is C46H55NO7S. The summed E-state index contributed by atoms with van der Waals surface area (Å²) in [5.74, 6) is 1.22. The van der Waals surface area contributed by atoms with Crippen LogP contribution < -0.4 is 9.47 Å². The third kappa shape index (κ3) is 8.91. The Labute approximate surface area is 330 Å². The number of oxime groups is 1. The summed E-state index contributed by atoms with van der Waals surface area (Å²) in [6.07, 6.45) is 15.6. The minimum absolute atomic E-state index is 0.0254. The van der Waals surface area contributed by atoms with Crippen molar-refractivity contribution < 1.29 is 34.1 Å². The molecule has 1 aliphatic heterocycles. The lowest BCUT2D eigenvalue weighted by Gasteiger charge is -2.58. The number of carbonyl (C=O) groups excluding carboxylic acids is 1. The third-order valence-corrected chi connectivity index (χ3v) is 13.4. The molecule has 2 N–H and O–H groups in total. The van der Waals surface area contributed by atoms with Gasteiger partial charge in [-0.3, -0.25) is 4.79 Å². The van der Waals surface area contributed by atoms with Gasteiger partial charge in [0.25, 0.3) is 0 Å². The van der Waals surface area contributed by atoms with Crippen molar-refractivity contribution in [3.05, 3.63) is 114 Å². The maximum absolute atomic E-state index is 11.6. The van der Waals surface area contributed by atoms with Gasteiger partial charge in [0.05, 0.1) is 23.5 Å². The topological polar surface area (TPSA) is 107 Å². The summed E-state index contributed by atoms with van der Waals surface area (Å²) in [5, 5.41) is 25.2. The third-order valence-electron chi connectivity index (χ3n) is 11.8. The van der Waals surface area contributed by atoms with Crippen LogP contribution in [0.1, 0.15) is 98.0 Å². The molecule has 292 valence electrons. The molecule has 0 spiro atoms. The Kier molecular flexibility index (Phi) is 13.5. The minimum atomic E-state index is -0.991. The number of unbranched alkanes of at least 4 members (excludes halogenated alkanes) is 2. The number of carbonyl (C=O) groups is 1. The molecule has 4 aliphatic rings. The first kappa shape index (κ1) is 39.3. The molecular weight excluding hydrogens is 711 g/mol. The highest BCUT2D eigenvalue weighted by molar-refractivity contribution is 8.00. The fourth-order valence-corrected chi connectivity index (χ4v) is 11.1. The van der Waals surface area contributed by atoms with Crippen LogP contribution in [0.4, 0.5) is 0 Å². The van der Waals surface area contributed by atoms with E-state index < -0.39 is 5.79 Å². The molecule has 2 fully saturated rings. The standard InChI is InChI=1S/C46H55NO7S/c1-2-25-51-46-43(55-37-18-6-7-19-37)29-41(47-52-31-32-13-4-3-5-14-32)39-27-34(16-8-10-23-48)38(20-9-11-24-49)44(45(39)46)40-28-36(21-22-42(40)54-46)53-35-17-12-15-33(26-35)30-50/h2-5,12-15,17,21-22,26-28,30,34,37-38,43-45,48-49H,1,6-11,16,18-20,23-25,29,31H2. The van der Waals surface area contributed by atoms with Crippen LogP contribution in [0.2, 0.25) is 0 Å². The van der Waals surface area contributed by atoms with Crippen LogP contribution in [0.15, 0.2) is 102 Å². The Hall–Kier alpha value is -3.89. The molecule has 6 unspecified atom stereocenters. The highest BCUT2D eigenvalue weighted by Gasteiger charge is 2.64. The molecule has 3 aromatic rings. The Morgan fingerprint density at radius 1 is 0.927 bits per heavy atom. The van der Waals surface area contributed by atoms with Crippen molar-refractivity contribution in [3.63, 3.8) is 0 Å². The van der Waals surface area contributed by atoms with E-state index in [1.807, 2.05) is 60.3 Å². The van der Waals surface area contributed by atoms with Crippen LogP contribution in [0, 0.1) is 17.8 Å². The second-order valence-corrected chi connectivity index (χ2v) is 16.8. The van der Waals surface area contributed by atoms with Gasteiger partial charge in [-0.15, -0.1) is 18.3 Å². The summed E-state index contributed by atoms with van der Waals surface area (Å²) in [7, 11) is 0. The number of hydrogen-bond acceptors (Lipinski definition) is 9. The molecule has 0 aromatic heterocycles. The first-order chi connectivity index (χ1) is 27.1. The van der Waals surface area contributed by atoms with Gasteiger partial charge < -0.3 is 29.3 Å². The summed E-state index contributed by atoms with van der Waals surface area (Å²) < 4.78 is 20.9. The zero-order chi connectivity index (χ0) is 38.0. The Balaban J connectivity index is 1.38. The molecule has 1 heterocycles. The van der Waals surface area contributed by atoms with Crippen LogP contribution in [0.5, 0.6) is 17.2 Å². The van der Waals surface area contributed by atoms with E-state index in [0.717, 1.165) is 73.0 Å². The van der Waals surface area contributed by atoms with E-state index in [1.54, 1.807) is 12.1 Å². The zero-order valence-electron chi connectivity index (χ0n) is 31.7. The number of fused-ring (bicyclic) bond motifs is 2. The van der Waals surface area contributed by atoms with Crippen molar-refractivity contribution in [2.75, 3.05) is 19.8 Å². The number of allylic oxidation sites excluding steroid dienone is 1. The van der Waals surface area contributed by atoms with Crippen LogP contribution in [-0.2, 0) is 16.2 Å². The fourth-order valence-electron chi connectivity index (χ4n) is 9.31. The van der Waals surface area contributed by atoms with E-state index in [4.69, 9.17) is 24.2 Å². The smallest absolute Gasteiger partial charge is 0.230 e. The second kappa shape index (κ2) is 18.8. The van der Waals surface area contributed by atoms with E-state index in [1.165, 1.54) is 25.7 Å². The lowest BCUT2D eigenvalue weighted by Crippen LogP contribution is -2.64. The average molecular weight is 766 g/mol. The molecule has 55 heavy (non-hydrogen) atoms. The van der Waals surface area contributed by atoms with Gasteiger partial charge in [0.1, 0.15) is 30.1 Å². The number of benzene rings is 3. The molecule has 6 atom stereocenters. The lowest BCUT2D eigenvalue weighted by atomic mass is 9.56. The number of aliphatic hydroxyl groups is 2. The van der Waals surface area contributed by atoms with E-state index in [-0.39, 0.29) is 42.1 Å². The van der Waals surface area contributed by atoms with Crippen LogP contribution in [-0.4, -0.2) is 58.3 Å². The maximum Gasteiger partial charge on any atom is 0.230 e. The van der Waals surface area contributed by atoms with Gasteiger partial charge in [0.2, 0.25) is 5.79 Å². The van der Waals surface area contributed by atoms with Gasteiger partial charge in [0.15, 0.2) is 0 Å². The van der Waals surface area contributed by atoms with Crippen molar-refractivity contribution in [1.29, 1.82) is 0 Å². The van der Waals surface area contributed by atoms with E-state index >= 15 is 0 Å². The predicted molar refractivity (Wildman–Crippen MR) is 218 cm³/mol. The monoisotopic (exact) mass is 765 g/mol. The van der Waals surface area contributed by atoms with E-state index in [9.17, 15) is 15.0 Å². The van der Waals surface area contributed by atoms with Crippen molar-refractivity contribution in [2.24, 2.45) is 22.9 Å². The minimum Gasteiger partial charge on any atom is -0.460 e. The van der Waals surface area contributed by atoms with Crippen LogP contribution in [0.25, 0.3) is 0 Å². The van der Waals surface area contributed by atoms with E-state index in [2.05, 4.69) is 30.9 Å². The van der Waals surface area contributed by atoms with Crippen molar-refractivity contribution >= 4 is 23.8 Å². The van der Waals surface area contributed by atoms with Gasteiger partial charge in [-0.05, 0) is 91.8 Å². The molecule has 3 aliphatic carbocycles. The fraction of sp³-hybridized carbons (Fsp3) is 0.478. The maximum atomic E-state index is 11.6. The van der Waals surface area contributed by atoms with Gasteiger partial charge in [-0.1, -0.05) is 85.5 Å². The van der Waals surface area contributed by atoms with Gasteiger partial charge >= 0.3 is 0 Å². The SMILES string of the molecule is C=CCOC12Oc3ccc(Oc4cccc(C=O)c4)cc3C3C(CCCCO)C(CCCCO)C=C(C(=NOCc4ccccc4)CC1SC1CCCC1)C32. The lowest BCUT2D eigenvalue weighted by molar-refractivity contribution is -0.223. The van der Waals surface area contributed by atoms with Gasteiger partial charge in [-0.2, -0.15) is 0 Å². The summed E-state index contributed by atoms with van der Waals surface area (Å²) in [4.78, 5) is 17.8. The molecule has 0 saturated heterocycles. The summed E-state index contributed by atoms with van der Waals surface area (Å²) in [6.45, 7) is 5.09. The quantitative estimate of drug-likeness (QED) is 0.0538. The Morgan fingerprint density at radius 3 is 2.47 bits per heavy atom. The highest BCUT2D eigenvalue weighted by Crippen LogP contribution is 2.63. The molecule has 8 nitrogen and oxygen atoms in total. The molecule has 3 aromatic carbocycles. The number of rotatable bonds is 19.